The fourth-order valence-corrected chi connectivity index (χ4v) is 6.24. The SMILES string of the molecule is CCCS(=O)(=O)N1CCN(C(=O)C2CCCN(c3ccnc4ccc(C)cc34)C2)CC1. The van der Waals surface area contributed by atoms with E-state index in [4.69, 9.17) is 0 Å². The van der Waals surface area contributed by atoms with Crippen molar-refractivity contribution >= 4 is 32.5 Å². The van der Waals surface area contributed by atoms with Gasteiger partial charge in [-0.1, -0.05) is 18.6 Å². The van der Waals surface area contributed by atoms with Gasteiger partial charge in [0.05, 0.1) is 17.2 Å². The number of fused-ring (bicyclic) bond motifs is 1. The van der Waals surface area contributed by atoms with Crippen LogP contribution in [0, 0.1) is 12.8 Å². The first-order valence-corrected chi connectivity index (χ1v) is 12.9. The third-order valence-corrected chi connectivity index (χ3v) is 8.47. The van der Waals surface area contributed by atoms with E-state index in [2.05, 4.69) is 28.9 Å². The summed E-state index contributed by atoms with van der Waals surface area (Å²) in [6, 6.07) is 8.33. The highest BCUT2D eigenvalue weighted by molar-refractivity contribution is 7.89. The van der Waals surface area contributed by atoms with Gasteiger partial charge < -0.3 is 9.80 Å². The smallest absolute Gasteiger partial charge is 0.227 e. The van der Waals surface area contributed by atoms with Gasteiger partial charge in [-0.3, -0.25) is 9.78 Å². The summed E-state index contributed by atoms with van der Waals surface area (Å²) < 4.78 is 26.2. The molecule has 0 spiro atoms. The number of hydrogen-bond donors (Lipinski definition) is 0. The van der Waals surface area contributed by atoms with Crippen LogP contribution < -0.4 is 4.90 Å². The molecule has 2 aromatic rings. The molecule has 2 aliphatic heterocycles. The number of hydrogen-bond acceptors (Lipinski definition) is 5. The van der Waals surface area contributed by atoms with Crippen molar-refractivity contribution in [3.05, 3.63) is 36.0 Å². The Labute approximate surface area is 185 Å². The number of piperidine rings is 1. The Kier molecular flexibility index (Phi) is 6.48. The molecule has 0 radical (unpaired) electrons. The molecular formula is C23H32N4O3S. The number of carbonyl (C=O) groups is 1. The summed E-state index contributed by atoms with van der Waals surface area (Å²) in [4.78, 5) is 21.9. The topological polar surface area (TPSA) is 73.8 Å². The van der Waals surface area contributed by atoms with E-state index < -0.39 is 10.0 Å². The largest absolute Gasteiger partial charge is 0.370 e. The Morgan fingerprint density at radius 2 is 1.90 bits per heavy atom. The fraction of sp³-hybridized carbons (Fsp3) is 0.565. The second kappa shape index (κ2) is 9.12. The number of aryl methyl sites for hydroxylation is 1. The van der Waals surface area contributed by atoms with E-state index in [-0.39, 0.29) is 17.6 Å². The highest BCUT2D eigenvalue weighted by Crippen LogP contribution is 2.30. The summed E-state index contributed by atoms with van der Waals surface area (Å²) in [6.45, 7) is 7.35. The summed E-state index contributed by atoms with van der Waals surface area (Å²) in [5, 5.41) is 1.13. The molecule has 2 fully saturated rings. The van der Waals surface area contributed by atoms with Crippen LogP contribution in [0.2, 0.25) is 0 Å². The highest BCUT2D eigenvalue weighted by atomic mass is 32.2. The Hall–Kier alpha value is -2.19. The fourth-order valence-electron chi connectivity index (χ4n) is 4.75. The van der Waals surface area contributed by atoms with Crippen LogP contribution in [0.3, 0.4) is 0 Å². The minimum absolute atomic E-state index is 0.0550. The second-order valence-corrected chi connectivity index (χ2v) is 10.8. The molecule has 1 aromatic carbocycles. The molecule has 168 valence electrons. The van der Waals surface area contributed by atoms with Gasteiger partial charge in [-0.25, -0.2) is 8.42 Å². The number of anilines is 1. The maximum absolute atomic E-state index is 13.2. The summed E-state index contributed by atoms with van der Waals surface area (Å²) in [7, 11) is -3.20. The summed E-state index contributed by atoms with van der Waals surface area (Å²) >= 11 is 0. The van der Waals surface area contributed by atoms with Gasteiger partial charge in [-0.15, -0.1) is 0 Å². The zero-order valence-electron chi connectivity index (χ0n) is 18.5. The molecule has 1 aromatic heterocycles. The monoisotopic (exact) mass is 444 g/mol. The molecule has 1 amide bonds. The first kappa shape index (κ1) is 22.0. The van der Waals surface area contributed by atoms with Gasteiger partial charge >= 0.3 is 0 Å². The summed E-state index contributed by atoms with van der Waals surface area (Å²) in [5.41, 5.74) is 3.31. The Bertz CT molecular complexity index is 1050. The van der Waals surface area contributed by atoms with Crippen molar-refractivity contribution in [2.75, 3.05) is 49.9 Å². The van der Waals surface area contributed by atoms with Crippen molar-refractivity contribution in [3.8, 4) is 0 Å². The first-order chi connectivity index (χ1) is 14.9. The van der Waals surface area contributed by atoms with Crippen LogP contribution >= 0.6 is 0 Å². The molecule has 3 heterocycles. The molecule has 2 aliphatic rings. The molecule has 4 rings (SSSR count). The van der Waals surface area contributed by atoms with E-state index in [9.17, 15) is 13.2 Å². The normalized spacial score (nSPS) is 20.9. The molecule has 0 bridgehead atoms. The molecule has 31 heavy (non-hydrogen) atoms. The predicted molar refractivity (Wildman–Crippen MR) is 124 cm³/mol. The van der Waals surface area contributed by atoms with Crippen LogP contribution in [0.1, 0.15) is 31.7 Å². The molecule has 0 saturated carbocycles. The average molecular weight is 445 g/mol. The van der Waals surface area contributed by atoms with Gasteiger partial charge in [0.1, 0.15) is 0 Å². The molecular weight excluding hydrogens is 412 g/mol. The maximum Gasteiger partial charge on any atom is 0.227 e. The van der Waals surface area contributed by atoms with Gasteiger partial charge in [0.15, 0.2) is 0 Å². The number of aromatic nitrogens is 1. The third-order valence-electron chi connectivity index (χ3n) is 6.39. The van der Waals surface area contributed by atoms with Crippen molar-refractivity contribution in [3.63, 3.8) is 0 Å². The van der Waals surface area contributed by atoms with E-state index in [0.29, 0.717) is 39.1 Å². The number of nitrogens with zero attached hydrogens (tertiary/aromatic N) is 4. The number of pyridine rings is 1. The van der Waals surface area contributed by atoms with Gasteiger partial charge in [0.2, 0.25) is 15.9 Å². The van der Waals surface area contributed by atoms with E-state index in [1.807, 2.05) is 30.2 Å². The molecule has 0 aliphatic carbocycles. The minimum Gasteiger partial charge on any atom is -0.370 e. The van der Waals surface area contributed by atoms with Crippen molar-refractivity contribution in [1.82, 2.24) is 14.2 Å². The molecule has 1 unspecified atom stereocenters. The van der Waals surface area contributed by atoms with Crippen molar-refractivity contribution in [1.29, 1.82) is 0 Å². The van der Waals surface area contributed by atoms with Gasteiger partial charge in [-0.2, -0.15) is 4.31 Å². The standard InChI is InChI=1S/C23H32N4O3S/c1-3-15-31(29,30)27-13-11-25(12-14-27)23(28)19-5-4-10-26(17-19)22-8-9-24-21-7-6-18(2)16-20(21)22/h6-9,16,19H,3-5,10-15,17H2,1-2H3. The number of benzene rings is 1. The molecule has 1 atom stereocenters. The number of sulfonamides is 1. The lowest BCUT2D eigenvalue weighted by atomic mass is 9.95. The Morgan fingerprint density at radius 3 is 2.65 bits per heavy atom. The van der Waals surface area contributed by atoms with Crippen molar-refractivity contribution in [2.24, 2.45) is 5.92 Å². The zero-order chi connectivity index (χ0) is 22.0. The van der Waals surface area contributed by atoms with Crippen LogP contribution in [0.5, 0.6) is 0 Å². The zero-order valence-corrected chi connectivity index (χ0v) is 19.3. The minimum atomic E-state index is -3.20. The lowest BCUT2D eigenvalue weighted by molar-refractivity contribution is -0.137. The van der Waals surface area contributed by atoms with Gasteiger partial charge in [0, 0.05) is 56.5 Å². The lowest BCUT2D eigenvalue weighted by Gasteiger charge is -2.39. The predicted octanol–water partition coefficient (Wildman–Crippen LogP) is 2.64. The Morgan fingerprint density at radius 1 is 1.13 bits per heavy atom. The highest BCUT2D eigenvalue weighted by Gasteiger charge is 2.33. The lowest BCUT2D eigenvalue weighted by Crippen LogP contribution is -2.54. The van der Waals surface area contributed by atoms with Crippen LogP contribution in [0.15, 0.2) is 30.5 Å². The second-order valence-electron chi connectivity index (χ2n) is 8.68. The van der Waals surface area contributed by atoms with E-state index in [1.165, 1.54) is 5.56 Å². The average Bonchev–Trinajstić information content (AvgIpc) is 2.78. The quantitative estimate of drug-likeness (QED) is 0.709. The number of rotatable bonds is 5. The van der Waals surface area contributed by atoms with E-state index in [1.54, 1.807) is 4.31 Å². The van der Waals surface area contributed by atoms with Crippen LogP contribution in [0.25, 0.3) is 10.9 Å². The Balaban J connectivity index is 1.44. The van der Waals surface area contributed by atoms with Crippen molar-refractivity contribution in [2.45, 2.75) is 33.1 Å². The number of carbonyl (C=O) groups excluding carboxylic acids is 1. The van der Waals surface area contributed by atoms with Crippen molar-refractivity contribution < 1.29 is 13.2 Å². The molecule has 0 N–H and O–H groups in total. The van der Waals surface area contributed by atoms with Crippen LogP contribution in [-0.4, -0.2) is 73.5 Å². The van der Waals surface area contributed by atoms with Gasteiger partial charge in [-0.05, 0) is 44.4 Å². The number of piperazine rings is 1. The van der Waals surface area contributed by atoms with Crippen LogP contribution in [0.4, 0.5) is 5.69 Å². The summed E-state index contributed by atoms with van der Waals surface area (Å²) in [5.74, 6) is 0.282. The number of amides is 1. The molecule has 8 heteroatoms. The third kappa shape index (κ3) is 4.70. The molecule has 7 nitrogen and oxygen atoms in total. The van der Waals surface area contributed by atoms with E-state index >= 15 is 0 Å². The van der Waals surface area contributed by atoms with E-state index in [0.717, 1.165) is 36.0 Å². The van der Waals surface area contributed by atoms with Crippen LogP contribution in [-0.2, 0) is 14.8 Å². The molecule has 2 saturated heterocycles. The first-order valence-electron chi connectivity index (χ1n) is 11.3. The maximum atomic E-state index is 13.2. The summed E-state index contributed by atoms with van der Waals surface area (Å²) in [6.07, 6.45) is 4.31. The van der Waals surface area contributed by atoms with Gasteiger partial charge in [0.25, 0.3) is 0 Å².